The minimum atomic E-state index is 2.92. The highest BCUT2D eigenvalue weighted by molar-refractivity contribution is 7.81. The molecule has 2 nitrogen and oxygen atoms in total. The van der Waals surface area contributed by atoms with Crippen LogP contribution in [0.5, 0.6) is 0 Å². The van der Waals surface area contributed by atoms with Crippen LogP contribution in [0.4, 0.5) is 0 Å². The van der Waals surface area contributed by atoms with Crippen molar-refractivity contribution in [2.75, 3.05) is 0 Å². The molecule has 0 aliphatic rings. The Labute approximate surface area is 35.4 Å². The maximum absolute atomic E-state index is 3.30. The number of thiol groups is 2. The van der Waals surface area contributed by atoms with Crippen molar-refractivity contribution < 1.29 is 0 Å². The maximum atomic E-state index is 3.30. The first-order valence-corrected chi connectivity index (χ1v) is 1.40. The lowest BCUT2D eigenvalue weighted by atomic mass is 13.2. The second-order valence-electron chi connectivity index (χ2n) is 0.179. The fourth-order valence-corrected chi connectivity index (χ4v) is 0. The van der Waals surface area contributed by atoms with E-state index in [4.69, 9.17) is 0 Å². The van der Waals surface area contributed by atoms with E-state index in [2.05, 4.69) is 34.7 Å². The minimum Gasteiger partial charge on any atom is -0.113 e. The van der Waals surface area contributed by atoms with Gasteiger partial charge in [-0.1, -0.05) is 0 Å². The van der Waals surface area contributed by atoms with Gasteiger partial charge in [0.2, 0.25) is 0 Å². The van der Waals surface area contributed by atoms with Crippen molar-refractivity contribution in [1.82, 2.24) is 0 Å². The van der Waals surface area contributed by atoms with Crippen molar-refractivity contribution in [3.63, 3.8) is 0 Å². The predicted molar refractivity (Wildman–Crippen MR) is 22.8 cm³/mol. The van der Waals surface area contributed by atoms with Crippen LogP contribution in [0, 0.1) is 0 Å². The van der Waals surface area contributed by atoms with Crippen LogP contribution in [0.25, 0.3) is 0 Å². The zero-order chi connectivity index (χ0) is 3.41. The molecule has 0 aromatic carbocycles. The van der Waals surface area contributed by atoms with Crippen LogP contribution in [0.3, 0.4) is 0 Å². The first-order chi connectivity index (χ1) is 1.91. The van der Waals surface area contributed by atoms with Crippen molar-refractivity contribution in [3.05, 3.63) is 0 Å². The summed E-state index contributed by atoms with van der Waals surface area (Å²) in [6.45, 7) is 0. The van der Waals surface area contributed by atoms with E-state index in [1.807, 2.05) is 0 Å². The van der Waals surface area contributed by atoms with E-state index in [0.717, 1.165) is 0 Å². The topological polar surface area (TPSA) is 24.7 Å². The normalized spacial score (nSPS) is 9.50. The second-order valence-corrected chi connectivity index (χ2v) is 0.537. The molecule has 0 spiro atoms. The van der Waals surface area contributed by atoms with Gasteiger partial charge in [0.15, 0.2) is 0 Å². The van der Waals surface area contributed by atoms with Gasteiger partial charge in [-0.05, 0) is 25.6 Å². The fourth-order valence-electron chi connectivity index (χ4n) is 0. The Morgan fingerprint density at radius 1 is 1.00 bits per heavy atom. The van der Waals surface area contributed by atoms with Gasteiger partial charge in [-0.3, -0.25) is 0 Å². The van der Waals surface area contributed by atoms with Gasteiger partial charge in [-0.25, -0.2) is 0 Å². The van der Waals surface area contributed by atoms with Gasteiger partial charge < -0.3 is 0 Å². The number of nitrogens with zero attached hydrogens (tertiary/aromatic N) is 2. The molecule has 0 aromatic rings. The molecule has 0 radical (unpaired) electrons. The molecule has 0 aliphatic heterocycles. The lowest BCUT2D eigenvalue weighted by molar-refractivity contribution is 1.56. The Kier molecular flexibility index (Phi) is 3.55. The molecular formula is H2N2S2. The lowest BCUT2D eigenvalue weighted by Gasteiger charge is -1.50. The van der Waals surface area contributed by atoms with Gasteiger partial charge >= 0.3 is 0 Å². The Morgan fingerprint density at radius 3 is 1.25 bits per heavy atom. The molecule has 0 saturated heterocycles. The number of rotatable bonds is 0. The van der Waals surface area contributed by atoms with Crippen molar-refractivity contribution in [2.45, 2.75) is 0 Å². The van der Waals surface area contributed by atoms with Crippen LogP contribution in [-0.2, 0) is 0 Å². The summed E-state index contributed by atoms with van der Waals surface area (Å²) in [5.74, 6) is 0. The van der Waals surface area contributed by atoms with Gasteiger partial charge in [0.1, 0.15) is 0 Å². The van der Waals surface area contributed by atoms with Crippen LogP contribution in [-0.4, -0.2) is 0 Å². The number of hydrogen-bond donors (Lipinski definition) is 2. The van der Waals surface area contributed by atoms with Crippen LogP contribution in [0.15, 0.2) is 9.04 Å². The lowest BCUT2D eigenvalue weighted by Crippen LogP contribution is -1.10. The summed E-state index contributed by atoms with van der Waals surface area (Å²) in [7, 11) is 0. The molecule has 0 N–H and O–H groups in total. The first kappa shape index (κ1) is 4.30. The Bertz CT molecular complexity index is 19.2. The highest BCUT2D eigenvalue weighted by Gasteiger charge is 1.34. The second kappa shape index (κ2) is 3.30. The minimum absolute atomic E-state index is 2.92. The molecule has 24 valence electrons. The van der Waals surface area contributed by atoms with Crippen LogP contribution < -0.4 is 0 Å². The van der Waals surface area contributed by atoms with Gasteiger partial charge in [-0.2, -0.15) is 0 Å². The van der Waals surface area contributed by atoms with Gasteiger partial charge in [0.05, 0.1) is 0 Å². The summed E-state index contributed by atoms with van der Waals surface area (Å²) >= 11 is 6.60. The van der Waals surface area contributed by atoms with Crippen molar-refractivity contribution in [1.29, 1.82) is 0 Å². The molecule has 0 aromatic heterocycles. The summed E-state index contributed by atoms with van der Waals surface area (Å²) in [5, 5.41) is 0. The van der Waals surface area contributed by atoms with E-state index < -0.39 is 0 Å². The van der Waals surface area contributed by atoms with E-state index in [0.29, 0.717) is 0 Å². The Balaban J connectivity index is 2.55. The average Bonchev–Trinajstić information content (AvgIpc) is 1.37. The number of hydrogen-bond acceptors (Lipinski definition) is 2. The van der Waals surface area contributed by atoms with Crippen molar-refractivity contribution >= 4 is 25.6 Å². The highest BCUT2D eigenvalue weighted by Crippen LogP contribution is 1.78. The summed E-state index contributed by atoms with van der Waals surface area (Å²) in [6.07, 6.45) is 0. The molecule has 4 heteroatoms. The van der Waals surface area contributed by atoms with E-state index in [1.54, 1.807) is 0 Å². The quantitative estimate of drug-likeness (QED) is 0.332. The van der Waals surface area contributed by atoms with Crippen molar-refractivity contribution in [2.24, 2.45) is 9.04 Å². The van der Waals surface area contributed by atoms with E-state index in [-0.39, 0.29) is 0 Å². The standard InChI is InChI=1S/H2N2S2/c3-1-2-4/h(H,1,4)(H,2,3). The fraction of sp³-hybridized carbons (Fsp3) is 0. The Hall–Kier alpha value is 0.300. The molecule has 0 unspecified atom stereocenters. The molecule has 0 saturated carbocycles. The zero-order valence-corrected chi connectivity index (χ0v) is 3.58. The summed E-state index contributed by atoms with van der Waals surface area (Å²) in [6, 6.07) is 0. The summed E-state index contributed by atoms with van der Waals surface area (Å²) in [4.78, 5) is 0. The third-order valence-corrected chi connectivity index (χ3v) is 0.360. The molecule has 0 heterocycles. The largest absolute Gasteiger partial charge is 0.113 e. The monoisotopic (exact) mass is 94.0 g/mol. The average molecular weight is 94.2 g/mol. The molecule has 0 rings (SSSR count). The van der Waals surface area contributed by atoms with Gasteiger partial charge in [0, 0.05) is 0 Å². The molecule has 0 bridgehead atoms. The Morgan fingerprint density at radius 2 is 1.25 bits per heavy atom. The summed E-state index contributed by atoms with van der Waals surface area (Å²) in [5.41, 5.74) is 0. The first-order valence-electron chi connectivity index (χ1n) is 0.600. The molecule has 0 fully saturated rings. The molecule has 0 amide bonds. The molecular weight excluding hydrogens is 92.1 g/mol. The third kappa shape index (κ3) is 2.30. The van der Waals surface area contributed by atoms with Crippen molar-refractivity contribution in [3.8, 4) is 0 Å². The molecule has 4 heavy (non-hydrogen) atoms. The third-order valence-electron chi connectivity index (χ3n) is 0.0400. The van der Waals surface area contributed by atoms with E-state index in [1.165, 1.54) is 0 Å². The molecule has 0 aliphatic carbocycles. The van der Waals surface area contributed by atoms with Crippen LogP contribution in [0.1, 0.15) is 0 Å². The molecule has 0 atom stereocenters. The van der Waals surface area contributed by atoms with E-state index >= 15 is 0 Å². The van der Waals surface area contributed by atoms with Crippen LogP contribution >= 0.6 is 25.6 Å². The highest BCUT2D eigenvalue weighted by atomic mass is 32.1. The smallest absolute Gasteiger partial charge is 0.0185 e. The van der Waals surface area contributed by atoms with E-state index in [9.17, 15) is 0 Å². The SMILES string of the molecule is SN=NS. The summed E-state index contributed by atoms with van der Waals surface area (Å²) < 4.78 is 5.84. The maximum Gasteiger partial charge on any atom is -0.0185 e. The predicted octanol–water partition coefficient (Wildman–Crippen LogP) is 1.13. The zero-order valence-electron chi connectivity index (χ0n) is 1.79. The van der Waals surface area contributed by atoms with Crippen LogP contribution in [0.2, 0.25) is 0 Å². The van der Waals surface area contributed by atoms with Gasteiger partial charge in [0.25, 0.3) is 0 Å². The van der Waals surface area contributed by atoms with Gasteiger partial charge in [-0.15, -0.1) is 9.04 Å².